The molecular formula is C18H18FNO2S. The molecule has 0 saturated carbocycles. The van der Waals surface area contributed by atoms with Crippen molar-refractivity contribution in [1.82, 2.24) is 4.90 Å². The Morgan fingerprint density at radius 2 is 2.26 bits per heavy atom. The van der Waals surface area contributed by atoms with E-state index in [0.29, 0.717) is 5.56 Å². The quantitative estimate of drug-likeness (QED) is 0.794. The topological polar surface area (TPSA) is 29.5 Å². The Bertz CT molecular complexity index is 753. The molecule has 2 aromatic rings. The molecule has 0 fully saturated rings. The molecule has 1 atom stereocenters. The van der Waals surface area contributed by atoms with E-state index < -0.39 is 5.82 Å². The van der Waals surface area contributed by atoms with Gasteiger partial charge in [-0.25, -0.2) is 4.39 Å². The van der Waals surface area contributed by atoms with Crippen molar-refractivity contribution in [2.45, 2.75) is 19.4 Å². The average molecular weight is 331 g/mol. The highest BCUT2D eigenvalue weighted by molar-refractivity contribution is 7.10. The molecule has 0 aliphatic carbocycles. The molecule has 1 amide bonds. The van der Waals surface area contributed by atoms with Crippen LogP contribution in [0.4, 0.5) is 4.39 Å². The van der Waals surface area contributed by atoms with E-state index in [2.05, 4.69) is 11.4 Å². The monoisotopic (exact) mass is 331 g/mol. The number of thiophene rings is 1. The number of ether oxygens (including phenoxy) is 1. The van der Waals surface area contributed by atoms with E-state index in [4.69, 9.17) is 4.74 Å². The fourth-order valence-electron chi connectivity index (χ4n) is 2.86. The van der Waals surface area contributed by atoms with Gasteiger partial charge in [0.15, 0.2) is 11.6 Å². The number of fused-ring (bicyclic) bond motifs is 1. The summed E-state index contributed by atoms with van der Waals surface area (Å²) >= 11 is 1.75. The summed E-state index contributed by atoms with van der Waals surface area (Å²) in [6, 6.07) is 6.81. The predicted molar refractivity (Wildman–Crippen MR) is 90.1 cm³/mol. The largest absolute Gasteiger partial charge is 0.494 e. The van der Waals surface area contributed by atoms with Crippen molar-refractivity contribution in [3.05, 3.63) is 57.5 Å². The molecule has 0 saturated heterocycles. The zero-order valence-electron chi connectivity index (χ0n) is 13.1. The Hall–Kier alpha value is -2.14. The average Bonchev–Trinajstić information content (AvgIpc) is 3.02. The highest BCUT2D eigenvalue weighted by Crippen LogP contribution is 2.32. The molecule has 0 bridgehead atoms. The number of carbonyl (C=O) groups excluding carboxylic acids is 1. The van der Waals surface area contributed by atoms with Gasteiger partial charge in [-0.3, -0.25) is 4.79 Å². The zero-order chi connectivity index (χ0) is 16.4. The Balaban J connectivity index is 1.73. The summed E-state index contributed by atoms with van der Waals surface area (Å²) in [6.45, 7) is 2.76. The second-order valence-corrected chi connectivity index (χ2v) is 6.48. The SMILES string of the molecule is COc1ccc(/C=C/C(=O)N2CCc3sccc3[C@@H]2C)cc1F. The summed E-state index contributed by atoms with van der Waals surface area (Å²) in [5.41, 5.74) is 1.87. The fraction of sp³-hybridized carbons (Fsp3) is 0.278. The predicted octanol–water partition coefficient (Wildman–Crippen LogP) is 4.05. The molecule has 3 nitrogen and oxygen atoms in total. The first kappa shape index (κ1) is 15.7. The number of halogens is 1. The highest BCUT2D eigenvalue weighted by Gasteiger charge is 2.26. The number of hydrogen-bond acceptors (Lipinski definition) is 3. The van der Waals surface area contributed by atoms with Crippen molar-refractivity contribution < 1.29 is 13.9 Å². The molecule has 1 aromatic carbocycles. The van der Waals surface area contributed by atoms with Crippen LogP contribution in [-0.2, 0) is 11.2 Å². The molecule has 1 aromatic heterocycles. The maximum Gasteiger partial charge on any atom is 0.247 e. The molecule has 1 aliphatic rings. The van der Waals surface area contributed by atoms with Crippen LogP contribution < -0.4 is 4.74 Å². The van der Waals surface area contributed by atoms with Crippen molar-refractivity contribution in [2.24, 2.45) is 0 Å². The van der Waals surface area contributed by atoms with Crippen LogP contribution in [0.1, 0.15) is 29.0 Å². The van der Waals surface area contributed by atoms with Gasteiger partial charge in [-0.1, -0.05) is 6.07 Å². The van der Waals surface area contributed by atoms with Gasteiger partial charge in [0.1, 0.15) is 0 Å². The molecule has 23 heavy (non-hydrogen) atoms. The lowest BCUT2D eigenvalue weighted by atomic mass is 10.0. The van der Waals surface area contributed by atoms with Gasteiger partial charge >= 0.3 is 0 Å². The molecule has 2 heterocycles. The summed E-state index contributed by atoms with van der Waals surface area (Å²) in [5, 5.41) is 2.07. The fourth-order valence-corrected chi connectivity index (χ4v) is 3.82. The number of hydrogen-bond donors (Lipinski definition) is 0. The smallest absolute Gasteiger partial charge is 0.247 e. The summed E-state index contributed by atoms with van der Waals surface area (Å²) in [5.74, 6) is -0.287. The number of carbonyl (C=O) groups is 1. The normalized spacial score (nSPS) is 17.3. The Labute approximate surface area is 139 Å². The Morgan fingerprint density at radius 3 is 3.00 bits per heavy atom. The second-order valence-electron chi connectivity index (χ2n) is 5.48. The summed E-state index contributed by atoms with van der Waals surface area (Å²) < 4.78 is 18.6. The van der Waals surface area contributed by atoms with Crippen molar-refractivity contribution in [1.29, 1.82) is 0 Å². The lowest BCUT2D eigenvalue weighted by Crippen LogP contribution is -2.37. The molecule has 120 valence electrons. The number of amides is 1. The first-order chi connectivity index (χ1) is 11.1. The van der Waals surface area contributed by atoms with Crippen LogP contribution in [0.15, 0.2) is 35.7 Å². The van der Waals surface area contributed by atoms with Crippen LogP contribution in [0.3, 0.4) is 0 Å². The standard InChI is InChI=1S/C18H18FNO2S/c1-12-14-8-10-23-17(14)7-9-20(12)18(21)6-4-13-3-5-16(22-2)15(19)11-13/h3-6,8,10-12H,7,9H2,1-2H3/b6-4+/t12-/m0/s1. The van der Waals surface area contributed by atoms with Gasteiger partial charge in [0, 0.05) is 17.5 Å². The van der Waals surface area contributed by atoms with E-state index in [1.807, 2.05) is 11.8 Å². The van der Waals surface area contributed by atoms with Crippen LogP contribution >= 0.6 is 11.3 Å². The molecular weight excluding hydrogens is 313 g/mol. The molecule has 0 spiro atoms. The molecule has 3 rings (SSSR count). The van der Waals surface area contributed by atoms with Gasteiger partial charge in [0.05, 0.1) is 13.2 Å². The Kier molecular flexibility index (Phi) is 4.48. The molecule has 5 heteroatoms. The number of benzene rings is 1. The van der Waals surface area contributed by atoms with E-state index in [9.17, 15) is 9.18 Å². The van der Waals surface area contributed by atoms with Crippen LogP contribution in [-0.4, -0.2) is 24.5 Å². The molecule has 0 unspecified atom stereocenters. The number of rotatable bonds is 3. The van der Waals surface area contributed by atoms with E-state index in [1.54, 1.807) is 29.5 Å². The van der Waals surface area contributed by atoms with Crippen molar-refractivity contribution in [2.75, 3.05) is 13.7 Å². The van der Waals surface area contributed by atoms with Gasteiger partial charge in [0.2, 0.25) is 5.91 Å². The van der Waals surface area contributed by atoms with Crippen LogP contribution in [0, 0.1) is 5.82 Å². The van der Waals surface area contributed by atoms with Crippen molar-refractivity contribution in [3.8, 4) is 5.75 Å². The lowest BCUT2D eigenvalue weighted by Gasteiger charge is -2.32. The third-order valence-corrected chi connectivity index (χ3v) is 5.15. The van der Waals surface area contributed by atoms with E-state index >= 15 is 0 Å². The van der Waals surface area contributed by atoms with Gasteiger partial charge in [0.25, 0.3) is 0 Å². The van der Waals surface area contributed by atoms with E-state index in [-0.39, 0.29) is 17.7 Å². The maximum atomic E-state index is 13.7. The van der Waals surface area contributed by atoms with E-state index in [0.717, 1.165) is 13.0 Å². The third kappa shape index (κ3) is 3.15. The third-order valence-electron chi connectivity index (χ3n) is 4.15. The molecule has 1 aliphatic heterocycles. The van der Waals surface area contributed by atoms with Crippen molar-refractivity contribution in [3.63, 3.8) is 0 Å². The van der Waals surface area contributed by atoms with E-state index in [1.165, 1.54) is 29.7 Å². The minimum absolute atomic E-state index is 0.0504. The van der Waals surface area contributed by atoms with Gasteiger partial charge in [-0.15, -0.1) is 11.3 Å². The minimum atomic E-state index is -0.434. The van der Waals surface area contributed by atoms with Crippen LogP contribution in [0.25, 0.3) is 6.08 Å². The number of nitrogens with zero attached hydrogens (tertiary/aromatic N) is 1. The maximum absolute atomic E-state index is 13.7. The second kappa shape index (κ2) is 6.54. The van der Waals surface area contributed by atoms with Crippen LogP contribution in [0.2, 0.25) is 0 Å². The first-order valence-corrected chi connectivity index (χ1v) is 8.36. The number of methoxy groups -OCH3 is 1. The molecule has 0 radical (unpaired) electrons. The lowest BCUT2D eigenvalue weighted by molar-refractivity contribution is -0.128. The van der Waals surface area contributed by atoms with Gasteiger partial charge in [-0.2, -0.15) is 0 Å². The minimum Gasteiger partial charge on any atom is -0.494 e. The first-order valence-electron chi connectivity index (χ1n) is 7.48. The zero-order valence-corrected chi connectivity index (χ0v) is 13.9. The van der Waals surface area contributed by atoms with Gasteiger partial charge < -0.3 is 9.64 Å². The Morgan fingerprint density at radius 1 is 1.43 bits per heavy atom. The summed E-state index contributed by atoms with van der Waals surface area (Å²) in [7, 11) is 1.42. The summed E-state index contributed by atoms with van der Waals surface area (Å²) in [6.07, 6.45) is 4.05. The van der Waals surface area contributed by atoms with Crippen molar-refractivity contribution >= 4 is 23.3 Å². The highest BCUT2D eigenvalue weighted by atomic mass is 32.1. The summed E-state index contributed by atoms with van der Waals surface area (Å²) in [4.78, 5) is 15.7. The molecule has 0 N–H and O–H groups in total. The van der Waals surface area contributed by atoms with Gasteiger partial charge in [-0.05, 0) is 54.1 Å². The van der Waals surface area contributed by atoms with Crippen LogP contribution in [0.5, 0.6) is 5.75 Å².